The Kier molecular flexibility index (Phi) is 3.15. The van der Waals surface area contributed by atoms with Gasteiger partial charge in [0, 0.05) is 29.9 Å². The average Bonchev–Trinajstić information content (AvgIpc) is 3.24. The predicted molar refractivity (Wildman–Crippen MR) is 84.3 cm³/mol. The summed E-state index contributed by atoms with van der Waals surface area (Å²) in [5, 5.41) is 6.54. The standard InChI is InChI=1S/C17H19N3O2/c18-13-4-2-1-3-12(13)15-5-6-16(22-15)17(21)20-14-8-11-7-10(14)9-19-11/h1-6,10-11,14,19H,7-9,18H2,(H,20,21). The fraction of sp³-hybridized carbons (Fsp3) is 0.353. The Bertz CT molecular complexity index is 709. The maximum absolute atomic E-state index is 12.4. The monoisotopic (exact) mass is 297 g/mol. The number of carbonyl (C=O) groups is 1. The molecule has 4 N–H and O–H groups in total. The van der Waals surface area contributed by atoms with Crippen molar-refractivity contribution in [3.05, 3.63) is 42.2 Å². The van der Waals surface area contributed by atoms with Crippen LogP contribution in [-0.4, -0.2) is 24.5 Å². The largest absolute Gasteiger partial charge is 0.451 e. The molecule has 5 nitrogen and oxygen atoms in total. The molecule has 0 radical (unpaired) electrons. The number of piperidine rings is 1. The lowest BCUT2D eigenvalue weighted by atomic mass is 10.0. The molecule has 3 unspecified atom stereocenters. The van der Waals surface area contributed by atoms with Gasteiger partial charge in [-0.2, -0.15) is 0 Å². The Hall–Kier alpha value is -2.27. The third-order valence-corrected chi connectivity index (χ3v) is 4.74. The van der Waals surface area contributed by atoms with Crippen molar-refractivity contribution < 1.29 is 9.21 Å². The molecule has 2 aromatic rings. The summed E-state index contributed by atoms with van der Waals surface area (Å²) in [6.45, 7) is 1.000. The Morgan fingerprint density at radius 2 is 2.09 bits per heavy atom. The van der Waals surface area contributed by atoms with Gasteiger partial charge in [-0.1, -0.05) is 12.1 Å². The summed E-state index contributed by atoms with van der Waals surface area (Å²) in [4.78, 5) is 12.4. The Morgan fingerprint density at radius 1 is 1.23 bits per heavy atom. The number of carbonyl (C=O) groups excluding carboxylic acids is 1. The number of furan rings is 1. The molecule has 114 valence electrons. The molecule has 0 spiro atoms. The van der Waals surface area contributed by atoms with E-state index in [4.69, 9.17) is 10.2 Å². The summed E-state index contributed by atoms with van der Waals surface area (Å²) < 4.78 is 5.70. The third-order valence-electron chi connectivity index (χ3n) is 4.74. The first-order chi connectivity index (χ1) is 10.7. The molecule has 1 aromatic heterocycles. The zero-order valence-electron chi connectivity index (χ0n) is 12.2. The van der Waals surface area contributed by atoms with Gasteiger partial charge in [0.05, 0.1) is 0 Å². The molecule has 1 saturated heterocycles. The number of nitrogens with one attached hydrogen (secondary N) is 2. The molecule has 2 fully saturated rings. The highest BCUT2D eigenvalue weighted by atomic mass is 16.3. The summed E-state index contributed by atoms with van der Waals surface area (Å²) in [6.07, 6.45) is 2.17. The van der Waals surface area contributed by atoms with Crippen molar-refractivity contribution in [1.29, 1.82) is 0 Å². The molecule has 4 rings (SSSR count). The van der Waals surface area contributed by atoms with Gasteiger partial charge in [0.15, 0.2) is 5.76 Å². The first-order valence-corrected chi connectivity index (χ1v) is 7.69. The minimum Gasteiger partial charge on any atom is -0.451 e. The van der Waals surface area contributed by atoms with Crippen LogP contribution in [0.3, 0.4) is 0 Å². The Labute approximate surface area is 128 Å². The van der Waals surface area contributed by atoms with Crippen molar-refractivity contribution in [3.8, 4) is 11.3 Å². The quantitative estimate of drug-likeness (QED) is 0.757. The van der Waals surface area contributed by atoms with E-state index in [1.54, 1.807) is 12.1 Å². The molecule has 1 aliphatic carbocycles. The van der Waals surface area contributed by atoms with Crippen molar-refractivity contribution in [2.75, 3.05) is 12.3 Å². The normalized spacial score (nSPS) is 26.3. The highest BCUT2D eigenvalue weighted by Crippen LogP contribution is 2.32. The summed E-state index contributed by atoms with van der Waals surface area (Å²) in [5.41, 5.74) is 7.40. The lowest BCUT2D eigenvalue weighted by Crippen LogP contribution is -2.44. The second-order valence-electron chi connectivity index (χ2n) is 6.17. The number of anilines is 1. The number of benzene rings is 1. The van der Waals surface area contributed by atoms with Gasteiger partial charge in [-0.15, -0.1) is 0 Å². The van der Waals surface area contributed by atoms with Crippen molar-refractivity contribution >= 4 is 11.6 Å². The highest BCUT2D eigenvalue weighted by Gasteiger charge is 2.40. The van der Waals surface area contributed by atoms with E-state index >= 15 is 0 Å². The fourth-order valence-corrected chi connectivity index (χ4v) is 3.58. The number of hydrogen-bond donors (Lipinski definition) is 3. The SMILES string of the molecule is Nc1ccccc1-c1ccc(C(=O)NC2CC3CC2CN3)o1. The minimum absolute atomic E-state index is 0.140. The molecule has 1 amide bonds. The molecular weight excluding hydrogens is 278 g/mol. The minimum atomic E-state index is -0.140. The number of amides is 1. The van der Waals surface area contributed by atoms with Crippen molar-refractivity contribution in [3.63, 3.8) is 0 Å². The van der Waals surface area contributed by atoms with E-state index in [0.29, 0.717) is 29.2 Å². The van der Waals surface area contributed by atoms with Crippen LogP contribution in [0.25, 0.3) is 11.3 Å². The van der Waals surface area contributed by atoms with Gasteiger partial charge in [0.25, 0.3) is 5.91 Å². The van der Waals surface area contributed by atoms with Crippen LogP contribution in [0, 0.1) is 5.92 Å². The number of hydrogen-bond acceptors (Lipinski definition) is 4. The summed E-state index contributed by atoms with van der Waals surface area (Å²) >= 11 is 0. The molecule has 1 aromatic carbocycles. The number of nitrogens with two attached hydrogens (primary N) is 1. The second-order valence-corrected chi connectivity index (χ2v) is 6.17. The molecule has 1 saturated carbocycles. The Morgan fingerprint density at radius 3 is 2.82 bits per heavy atom. The molecule has 5 heteroatoms. The van der Waals surface area contributed by atoms with Crippen LogP contribution in [0.5, 0.6) is 0 Å². The van der Waals surface area contributed by atoms with Crippen molar-refractivity contribution in [2.24, 2.45) is 5.92 Å². The number of fused-ring (bicyclic) bond motifs is 2. The van der Waals surface area contributed by atoms with E-state index in [1.807, 2.05) is 24.3 Å². The smallest absolute Gasteiger partial charge is 0.287 e. The van der Waals surface area contributed by atoms with Crippen LogP contribution in [0.15, 0.2) is 40.8 Å². The van der Waals surface area contributed by atoms with Gasteiger partial charge in [-0.05, 0) is 43.0 Å². The van der Waals surface area contributed by atoms with E-state index in [-0.39, 0.29) is 11.9 Å². The van der Waals surface area contributed by atoms with Gasteiger partial charge >= 0.3 is 0 Å². The zero-order chi connectivity index (χ0) is 15.1. The number of para-hydroxylation sites is 1. The molecule has 2 bridgehead atoms. The molecular formula is C17H19N3O2. The lowest BCUT2D eigenvalue weighted by Gasteiger charge is -2.22. The van der Waals surface area contributed by atoms with Crippen LogP contribution in [0.4, 0.5) is 5.69 Å². The summed E-state index contributed by atoms with van der Waals surface area (Å²) in [7, 11) is 0. The molecule has 22 heavy (non-hydrogen) atoms. The van der Waals surface area contributed by atoms with Crippen LogP contribution < -0.4 is 16.4 Å². The van der Waals surface area contributed by atoms with Gasteiger partial charge in [-0.3, -0.25) is 4.79 Å². The third kappa shape index (κ3) is 2.27. The van der Waals surface area contributed by atoms with Crippen LogP contribution in [0.1, 0.15) is 23.4 Å². The van der Waals surface area contributed by atoms with E-state index in [9.17, 15) is 4.79 Å². The second kappa shape index (κ2) is 5.18. The average molecular weight is 297 g/mol. The first kappa shape index (κ1) is 13.4. The molecule has 2 heterocycles. The highest BCUT2D eigenvalue weighted by molar-refractivity contribution is 5.92. The number of nitrogen functional groups attached to an aromatic ring is 1. The fourth-order valence-electron chi connectivity index (χ4n) is 3.58. The van der Waals surface area contributed by atoms with Crippen molar-refractivity contribution in [2.45, 2.75) is 24.9 Å². The van der Waals surface area contributed by atoms with E-state index in [0.717, 1.165) is 24.9 Å². The van der Waals surface area contributed by atoms with Gasteiger partial charge in [0.1, 0.15) is 5.76 Å². The van der Waals surface area contributed by atoms with E-state index < -0.39 is 0 Å². The van der Waals surface area contributed by atoms with Gasteiger partial charge in [-0.25, -0.2) is 0 Å². The van der Waals surface area contributed by atoms with Crippen LogP contribution >= 0.6 is 0 Å². The summed E-state index contributed by atoms with van der Waals surface area (Å²) in [6, 6.07) is 11.8. The summed E-state index contributed by atoms with van der Waals surface area (Å²) in [5.74, 6) is 1.37. The topological polar surface area (TPSA) is 80.3 Å². The van der Waals surface area contributed by atoms with Crippen LogP contribution in [-0.2, 0) is 0 Å². The Balaban J connectivity index is 1.49. The van der Waals surface area contributed by atoms with Gasteiger partial charge < -0.3 is 20.8 Å². The van der Waals surface area contributed by atoms with Crippen molar-refractivity contribution in [1.82, 2.24) is 10.6 Å². The lowest BCUT2D eigenvalue weighted by molar-refractivity contribution is 0.0897. The molecule has 1 aliphatic heterocycles. The van der Waals surface area contributed by atoms with Crippen LogP contribution in [0.2, 0.25) is 0 Å². The zero-order valence-corrected chi connectivity index (χ0v) is 12.2. The molecule has 3 atom stereocenters. The van der Waals surface area contributed by atoms with E-state index in [1.165, 1.54) is 0 Å². The maximum Gasteiger partial charge on any atom is 0.287 e. The predicted octanol–water partition coefficient (Wildman–Crippen LogP) is 2.01. The molecule has 2 aliphatic rings. The first-order valence-electron chi connectivity index (χ1n) is 7.69. The van der Waals surface area contributed by atoms with Gasteiger partial charge in [0.2, 0.25) is 0 Å². The van der Waals surface area contributed by atoms with E-state index in [2.05, 4.69) is 10.6 Å². The number of rotatable bonds is 3. The maximum atomic E-state index is 12.4.